The maximum Gasteiger partial charge on any atom is 0.320 e. The monoisotopic (exact) mass is 274 g/mol. The summed E-state index contributed by atoms with van der Waals surface area (Å²) in [6.07, 6.45) is 9.20. The van der Waals surface area contributed by atoms with Crippen molar-refractivity contribution in [1.82, 2.24) is 10.3 Å². The van der Waals surface area contributed by atoms with Gasteiger partial charge in [0, 0.05) is 19.1 Å². The molecule has 3 rings (SSSR count). The molecule has 1 saturated heterocycles. The Balaban J connectivity index is 1.56. The van der Waals surface area contributed by atoms with Crippen molar-refractivity contribution in [3.8, 4) is 0 Å². The van der Waals surface area contributed by atoms with E-state index in [0.717, 1.165) is 31.6 Å². The predicted molar refractivity (Wildman–Crippen MR) is 80.1 cm³/mol. The molecule has 0 atom stereocenters. The maximum absolute atomic E-state index is 11.6. The van der Waals surface area contributed by atoms with Crippen molar-refractivity contribution >= 4 is 17.5 Å². The normalized spacial score (nSPS) is 19.3. The number of pyridine rings is 1. The molecule has 1 aromatic rings. The number of carbonyl (C=O) groups excluding carboxylic acids is 1. The van der Waals surface area contributed by atoms with Crippen LogP contribution in [0.2, 0.25) is 0 Å². The van der Waals surface area contributed by atoms with Crippen molar-refractivity contribution in [3.05, 3.63) is 18.3 Å². The van der Waals surface area contributed by atoms with E-state index in [4.69, 9.17) is 0 Å². The third-order valence-electron chi connectivity index (χ3n) is 3.87. The number of amides is 2. The van der Waals surface area contributed by atoms with E-state index in [-0.39, 0.29) is 6.03 Å². The zero-order valence-corrected chi connectivity index (χ0v) is 11.8. The Labute approximate surface area is 119 Å². The molecule has 0 bridgehead atoms. The minimum absolute atomic E-state index is 0.150. The second kappa shape index (κ2) is 6.11. The summed E-state index contributed by atoms with van der Waals surface area (Å²) in [4.78, 5) is 18.3. The van der Waals surface area contributed by atoms with Crippen molar-refractivity contribution < 1.29 is 4.79 Å². The van der Waals surface area contributed by atoms with Crippen LogP contribution in [0.5, 0.6) is 0 Å². The molecule has 0 unspecified atom stereocenters. The number of nitrogens with zero attached hydrogens (tertiary/aromatic N) is 2. The maximum atomic E-state index is 11.6. The van der Waals surface area contributed by atoms with E-state index in [9.17, 15) is 4.79 Å². The van der Waals surface area contributed by atoms with E-state index in [1.807, 2.05) is 18.3 Å². The SMILES string of the molecule is O=C(Nc1ccc(N2CCCCCC2)cn1)NC1CC1. The molecule has 0 radical (unpaired) electrons. The third-order valence-corrected chi connectivity index (χ3v) is 3.87. The molecule has 2 fully saturated rings. The highest BCUT2D eigenvalue weighted by atomic mass is 16.2. The van der Waals surface area contributed by atoms with Crippen LogP contribution in [0.1, 0.15) is 38.5 Å². The Morgan fingerprint density at radius 1 is 1.15 bits per heavy atom. The molecule has 1 aromatic heterocycles. The molecule has 108 valence electrons. The van der Waals surface area contributed by atoms with Gasteiger partial charge in [-0.2, -0.15) is 0 Å². The zero-order valence-electron chi connectivity index (χ0n) is 11.8. The molecular formula is C15H22N4O. The van der Waals surface area contributed by atoms with Crippen LogP contribution >= 0.6 is 0 Å². The first-order valence-electron chi connectivity index (χ1n) is 7.60. The number of aromatic nitrogens is 1. The Morgan fingerprint density at radius 3 is 2.50 bits per heavy atom. The van der Waals surface area contributed by atoms with Crippen LogP contribution in [0.4, 0.5) is 16.3 Å². The summed E-state index contributed by atoms with van der Waals surface area (Å²) >= 11 is 0. The quantitative estimate of drug-likeness (QED) is 0.891. The molecule has 0 aromatic carbocycles. The lowest BCUT2D eigenvalue weighted by Crippen LogP contribution is -2.30. The third kappa shape index (κ3) is 3.62. The molecule has 2 amide bonds. The standard InChI is InChI=1S/C15H22N4O/c20-15(17-12-5-6-12)18-14-8-7-13(11-16-14)19-9-3-1-2-4-10-19/h7-8,11-12H,1-6,9-10H2,(H2,16,17,18,20). The van der Waals surface area contributed by atoms with Crippen LogP contribution in [0.15, 0.2) is 18.3 Å². The molecule has 20 heavy (non-hydrogen) atoms. The summed E-state index contributed by atoms with van der Waals surface area (Å²) in [5.74, 6) is 0.613. The number of nitrogens with one attached hydrogen (secondary N) is 2. The first-order chi connectivity index (χ1) is 9.81. The summed E-state index contributed by atoms with van der Waals surface area (Å²) < 4.78 is 0. The first-order valence-corrected chi connectivity index (χ1v) is 7.60. The highest BCUT2D eigenvalue weighted by Gasteiger charge is 2.23. The second-order valence-corrected chi connectivity index (χ2v) is 5.68. The van der Waals surface area contributed by atoms with Crippen LogP contribution in [0.3, 0.4) is 0 Å². The minimum Gasteiger partial charge on any atom is -0.370 e. The molecule has 5 heteroatoms. The number of urea groups is 1. The van der Waals surface area contributed by atoms with Crippen LogP contribution in [-0.4, -0.2) is 30.1 Å². The molecule has 2 heterocycles. The van der Waals surface area contributed by atoms with E-state index in [1.165, 1.54) is 25.7 Å². The van der Waals surface area contributed by atoms with Crippen molar-refractivity contribution in [3.63, 3.8) is 0 Å². The lowest BCUT2D eigenvalue weighted by molar-refractivity contribution is 0.251. The summed E-state index contributed by atoms with van der Waals surface area (Å²) in [6, 6.07) is 4.14. The van der Waals surface area contributed by atoms with E-state index in [2.05, 4.69) is 20.5 Å². The fourth-order valence-corrected chi connectivity index (χ4v) is 2.54. The molecular weight excluding hydrogens is 252 g/mol. The van der Waals surface area contributed by atoms with Gasteiger partial charge in [0.1, 0.15) is 5.82 Å². The number of rotatable bonds is 3. The molecule has 1 aliphatic carbocycles. The van der Waals surface area contributed by atoms with E-state index < -0.39 is 0 Å². The fraction of sp³-hybridized carbons (Fsp3) is 0.600. The van der Waals surface area contributed by atoms with E-state index >= 15 is 0 Å². The smallest absolute Gasteiger partial charge is 0.320 e. The molecule has 2 N–H and O–H groups in total. The van der Waals surface area contributed by atoms with Crippen molar-refractivity contribution in [2.75, 3.05) is 23.3 Å². The number of hydrogen-bond acceptors (Lipinski definition) is 3. The zero-order chi connectivity index (χ0) is 13.8. The highest BCUT2D eigenvalue weighted by molar-refractivity contribution is 5.88. The van der Waals surface area contributed by atoms with Crippen LogP contribution in [-0.2, 0) is 0 Å². The largest absolute Gasteiger partial charge is 0.370 e. The predicted octanol–water partition coefficient (Wildman–Crippen LogP) is 2.75. The van der Waals surface area contributed by atoms with Crippen LogP contribution in [0, 0.1) is 0 Å². The topological polar surface area (TPSA) is 57.3 Å². The van der Waals surface area contributed by atoms with Gasteiger partial charge in [-0.3, -0.25) is 5.32 Å². The fourth-order valence-electron chi connectivity index (χ4n) is 2.54. The molecule has 0 spiro atoms. The van der Waals surface area contributed by atoms with Gasteiger partial charge >= 0.3 is 6.03 Å². The average Bonchev–Trinajstić information content (AvgIpc) is 3.26. The van der Waals surface area contributed by atoms with Crippen molar-refractivity contribution in [2.24, 2.45) is 0 Å². The summed E-state index contributed by atoms with van der Waals surface area (Å²) in [6.45, 7) is 2.22. The summed E-state index contributed by atoms with van der Waals surface area (Å²) in [7, 11) is 0. The van der Waals surface area contributed by atoms with E-state index in [1.54, 1.807) is 0 Å². The van der Waals surface area contributed by atoms with E-state index in [0.29, 0.717) is 11.9 Å². The Morgan fingerprint density at radius 2 is 1.90 bits per heavy atom. The van der Waals surface area contributed by atoms with Gasteiger partial charge in [0.05, 0.1) is 11.9 Å². The van der Waals surface area contributed by atoms with Gasteiger partial charge in [0.2, 0.25) is 0 Å². The van der Waals surface area contributed by atoms with Crippen LogP contribution in [0.25, 0.3) is 0 Å². The Kier molecular flexibility index (Phi) is 4.04. The number of carbonyl (C=O) groups is 1. The minimum atomic E-state index is -0.150. The molecule has 1 saturated carbocycles. The van der Waals surface area contributed by atoms with Gasteiger partial charge in [0.15, 0.2) is 0 Å². The van der Waals surface area contributed by atoms with Crippen LogP contribution < -0.4 is 15.5 Å². The molecule has 5 nitrogen and oxygen atoms in total. The number of hydrogen-bond donors (Lipinski definition) is 2. The summed E-state index contributed by atoms with van der Waals surface area (Å²) in [5, 5.41) is 5.66. The first kappa shape index (κ1) is 13.2. The Hall–Kier alpha value is -1.78. The second-order valence-electron chi connectivity index (χ2n) is 5.68. The lowest BCUT2D eigenvalue weighted by atomic mass is 10.2. The van der Waals surface area contributed by atoms with Gasteiger partial charge in [0.25, 0.3) is 0 Å². The van der Waals surface area contributed by atoms with Gasteiger partial charge in [-0.05, 0) is 37.8 Å². The van der Waals surface area contributed by atoms with Gasteiger partial charge in [-0.15, -0.1) is 0 Å². The average molecular weight is 274 g/mol. The Bertz CT molecular complexity index is 447. The summed E-state index contributed by atoms with van der Waals surface area (Å²) in [5.41, 5.74) is 1.15. The molecule has 2 aliphatic rings. The van der Waals surface area contributed by atoms with Gasteiger partial charge < -0.3 is 10.2 Å². The molecule has 1 aliphatic heterocycles. The van der Waals surface area contributed by atoms with Gasteiger partial charge in [-0.25, -0.2) is 9.78 Å². The van der Waals surface area contributed by atoms with Gasteiger partial charge in [-0.1, -0.05) is 12.8 Å². The highest BCUT2D eigenvalue weighted by Crippen LogP contribution is 2.20. The van der Waals surface area contributed by atoms with Crippen molar-refractivity contribution in [2.45, 2.75) is 44.6 Å². The van der Waals surface area contributed by atoms with Crippen molar-refractivity contribution in [1.29, 1.82) is 0 Å². The lowest BCUT2D eigenvalue weighted by Gasteiger charge is -2.22. The number of anilines is 2.